The van der Waals surface area contributed by atoms with Gasteiger partial charge in [0.15, 0.2) is 11.7 Å². The van der Waals surface area contributed by atoms with Gasteiger partial charge in [-0.2, -0.15) is 0 Å². The zero-order valence-corrected chi connectivity index (χ0v) is 13.8. The van der Waals surface area contributed by atoms with Gasteiger partial charge >= 0.3 is 0 Å². The molecular weight excluding hydrogens is 322 g/mol. The highest BCUT2D eigenvalue weighted by atomic mass is 32.1. The van der Waals surface area contributed by atoms with Crippen LogP contribution < -0.4 is 15.0 Å². The summed E-state index contributed by atoms with van der Waals surface area (Å²) in [6.45, 7) is 0.0645. The van der Waals surface area contributed by atoms with Crippen LogP contribution in [0.5, 0.6) is 5.75 Å². The lowest BCUT2D eigenvalue weighted by molar-refractivity contribution is -0.118. The molecule has 6 heteroatoms. The Hall–Kier alpha value is -2.86. The second kappa shape index (κ2) is 5.98. The molecule has 3 aromatic rings. The first kappa shape index (κ1) is 14.7. The Morgan fingerprint density at radius 2 is 2.04 bits per heavy atom. The molecule has 0 saturated heterocycles. The first-order chi connectivity index (χ1) is 11.7. The van der Waals surface area contributed by atoms with Gasteiger partial charge < -0.3 is 15.0 Å². The Balaban J connectivity index is 1.63. The van der Waals surface area contributed by atoms with Crippen molar-refractivity contribution < 1.29 is 9.53 Å². The smallest absolute Gasteiger partial charge is 0.262 e. The Morgan fingerprint density at radius 1 is 1.21 bits per heavy atom. The highest BCUT2D eigenvalue weighted by Gasteiger charge is 2.17. The van der Waals surface area contributed by atoms with Crippen molar-refractivity contribution in [1.82, 2.24) is 4.98 Å². The van der Waals surface area contributed by atoms with Gasteiger partial charge in [0, 0.05) is 23.7 Å². The van der Waals surface area contributed by atoms with Crippen LogP contribution in [0.25, 0.3) is 11.3 Å². The average molecular weight is 337 g/mol. The second-order valence-corrected chi connectivity index (χ2v) is 6.29. The van der Waals surface area contributed by atoms with Gasteiger partial charge in [-0.15, -0.1) is 11.3 Å². The predicted molar refractivity (Wildman–Crippen MR) is 96.2 cm³/mol. The number of hydrogen-bond acceptors (Lipinski definition) is 5. The first-order valence-corrected chi connectivity index (χ1v) is 8.40. The molecule has 0 radical (unpaired) electrons. The number of carbonyl (C=O) groups excluding carboxylic acids is 1. The summed E-state index contributed by atoms with van der Waals surface area (Å²) < 4.78 is 5.39. The molecule has 0 saturated carbocycles. The van der Waals surface area contributed by atoms with E-state index in [-0.39, 0.29) is 12.5 Å². The summed E-state index contributed by atoms with van der Waals surface area (Å²) in [5.41, 5.74) is 3.60. The van der Waals surface area contributed by atoms with Gasteiger partial charge in [-0.25, -0.2) is 4.98 Å². The van der Waals surface area contributed by atoms with Crippen LogP contribution in [0.4, 0.5) is 16.5 Å². The Labute approximate surface area is 143 Å². The van der Waals surface area contributed by atoms with Crippen LogP contribution in [0.15, 0.2) is 53.9 Å². The standard InChI is InChI=1S/C18H15N3O2S/c1-21(13-5-3-2-4-6-13)18-20-15(11-24-18)12-7-8-16-14(9-12)19-17(22)10-23-16/h2-9,11H,10H2,1H3,(H,19,22). The van der Waals surface area contributed by atoms with E-state index >= 15 is 0 Å². The molecule has 24 heavy (non-hydrogen) atoms. The number of nitrogens with one attached hydrogen (secondary N) is 1. The van der Waals surface area contributed by atoms with E-state index in [1.165, 1.54) is 0 Å². The van der Waals surface area contributed by atoms with Crippen molar-refractivity contribution >= 4 is 33.8 Å². The van der Waals surface area contributed by atoms with Gasteiger partial charge in [-0.3, -0.25) is 4.79 Å². The maximum absolute atomic E-state index is 11.5. The molecule has 4 rings (SSSR count). The fourth-order valence-corrected chi connectivity index (χ4v) is 3.38. The van der Waals surface area contributed by atoms with E-state index in [0.717, 1.165) is 22.1 Å². The third-order valence-corrected chi connectivity index (χ3v) is 4.75. The lowest BCUT2D eigenvalue weighted by Gasteiger charge is -2.18. The van der Waals surface area contributed by atoms with Crippen molar-refractivity contribution in [1.29, 1.82) is 0 Å². The molecule has 0 fully saturated rings. The van der Waals surface area contributed by atoms with Gasteiger partial charge in [0.25, 0.3) is 5.91 Å². The minimum absolute atomic E-state index is 0.0645. The third kappa shape index (κ3) is 2.72. The van der Waals surface area contributed by atoms with Crippen LogP contribution in [0.2, 0.25) is 0 Å². The number of carbonyl (C=O) groups is 1. The van der Waals surface area contributed by atoms with Crippen molar-refractivity contribution in [2.45, 2.75) is 0 Å². The number of hydrogen-bond donors (Lipinski definition) is 1. The van der Waals surface area contributed by atoms with Crippen molar-refractivity contribution in [3.63, 3.8) is 0 Å². The molecule has 0 bridgehead atoms. The molecule has 120 valence electrons. The summed E-state index contributed by atoms with van der Waals surface area (Å²) in [6.07, 6.45) is 0. The molecular formula is C18H15N3O2S. The van der Waals surface area contributed by atoms with Gasteiger partial charge in [0.2, 0.25) is 0 Å². The van der Waals surface area contributed by atoms with Crippen LogP contribution in [-0.4, -0.2) is 24.5 Å². The molecule has 5 nitrogen and oxygen atoms in total. The maximum Gasteiger partial charge on any atom is 0.262 e. The summed E-state index contributed by atoms with van der Waals surface area (Å²) >= 11 is 1.58. The van der Waals surface area contributed by atoms with Crippen LogP contribution in [0.1, 0.15) is 0 Å². The van der Waals surface area contributed by atoms with Crippen molar-refractivity contribution in [3.8, 4) is 17.0 Å². The number of para-hydroxylation sites is 1. The third-order valence-electron chi connectivity index (χ3n) is 3.83. The number of fused-ring (bicyclic) bond motifs is 1. The van der Waals surface area contributed by atoms with E-state index in [1.807, 2.05) is 61.0 Å². The fraction of sp³-hybridized carbons (Fsp3) is 0.111. The summed E-state index contributed by atoms with van der Waals surface area (Å²) in [7, 11) is 2.00. The Bertz CT molecular complexity index is 892. The summed E-state index contributed by atoms with van der Waals surface area (Å²) in [4.78, 5) is 18.2. The Kier molecular flexibility index (Phi) is 3.66. The summed E-state index contributed by atoms with van der Waals surface area (Å²) in [5, 5.41) is 5.75. The fourth-order valence-electron chi connectivity index (χ4n) is 2.56. The molecule has 1 aliphatic rings. The molecule has 1 aromatic heterocycles. The number of benzene rings is 2. The van der Waals surface area contributed by atoms with Gasteiger partial charge in [0.1, 0.15) is 5.75 Å². The van der Waals surface area contributed by atoms with Crippen LogP contribution >= 0.6 is 11.3 Å². The lowest BCUT2D eigenvalue weighted by atomic mass is 10.1. The monoisotopic (exact) mass is 337 g/mol. The van der Waals surface area contributed by atoms with Crippen molar-refractivity contribution in [2.75, 3.05) is 23.9 Å². The van der Waals surface area contributed by atoms with Gasteiger partial charge in [0.05, 0.1) is 11.4 Å². The molecule has 2 heterocycles. The van der Waals surface area contributed by atoms with Crippen molar-refractivity contribution in [2.24, 2.45) is 0 Å². The average Bonchev–Trinajstić information content (AvgIpc) is 3.11. The first-order valence-electron chi connectivity index (χ1n) is 7.52. The van der Waals surface area contributed by atoms with Crippen LogP contribution in [0.3, 0.4) is 0 Å². The number of ether oxygens (including phenoxy) is 1. The lowest BCUT2D eigenvalue weighted by Crippen LogP contribution is -2.25. The molecule has 1 N–H and O–H groups in total. The molecule has 1 aliphatic heterocycles. The number of nitrogens with zero attached hydrogens (tertiary/aromatic N) is 2. The highest BCUT2D eigenvalue weighted by Crippen LogP contribution is 2.35. The highest BCUT2D eigenvalue weighted by molar-refractivity contribution is 7.14. The molecule has 0 aliphatic carbocycles. The minimum atomic E-state index is -0.137. The molecule has 1 amide bonds. The van der Waals surface area contributed by atoms with E-state index in [9.17, 15) is 4.79 Å². The molecule has 0 atom stereocenters. The quantitative estimate of drug-likeness (QED) is 0.787. The number of amides is 1. The summed E-state index contributed by atoms with van der Waals surface area (Å²) in [6, 6.07) is 15.8. The Morgan fingerprint density at radius 3 is 2.88 bits per heavy atom. The second-order valence-electron chi connectivity index (χ2n) is 5.46. The van der Waals surface area contributed by atoms with E-state index in [4.69, 9.17) is 9.72 Å². The predicted octanol–water partition coefficient (Wildman–Crippen LogP) is 3.91. The van der Waals surface area contributed by atoms with E-state index < -0.39 is 0 Å². The SMILES string of the molecule is CN(c1ccccc1)c1nc(-c2ccc3c(c2)NC(=O)CO3)cs1. The minimum Gasteiger partial charge on any atom is -0.482 e. The molecule has 0 unspecified atom stereocenters. The van der Waals surface area contributed by atoms with Crippen LogP contribution in [-0.2, 0) is 4.79 Å². The van der Waals surface area contributed by atoms with E-state index in [2.05, 4.69) is 10.2 Å². The normalized spacial score (nSPS) is 13.0. The molecule has 2 aromatic carbocycles. The zero-order chi connectivity index (χ0) is 16.5. The zero-order valence-electron chi connectivity index (χ0n) is 13.0. The maximum atomic E-state index is 11.5. The number of aromatic nitrogens is 1. The van der Waals surface area contributed by atoms with Crippen molar-refractivity contribution in [3.05, 3.63) is 53.9 Å². The topological polar surface area (TPSA) is 54.5 Å². The summed E-state index contributed by atoms with van der Waals surface area (Å²) in [5.74, 6) is 0.553. The van der Waals surface area contributed by atoms with E-state index in [0.29, 0.717) is 11.4 Å². The number of thiazole rings is 1. The largest absolute Gasteiger partial charge is 0.482 e. The van der Waals surface area contributed by atoms with Gasteiger partial charge in [-0.05, 0) is 30.3 Å². The van der Waals surface area contributed by atoms with Crippen LogP contribution in [0, 0.1) is 0 Å². The number of rotatable bonds is 3. The van der Waals surface area contributed by atoms with Gasteiger partial charge in [-0.1, -0.05) is 18.2 Å². The number of anilines is 3. The van der Waals surface area contributed by atoms with E-state index in [1.54, 1.807) is 11.3 Å². The molecule has 0 spiro atoms.